The number of aryl methyl sites for hydroxylation is 1. The van der Waals surface area contributed by atoms with Crippen molar-refractivity contribution in [2.75, 3.05) is 17.7 Å². The third-order valence-electron chi connectivity index (χ3n) is 3.71. The van der Waals surface area contributed by atoms with Crippen LogP contribution in [-0.2, 0) is 6.42 Å². The van der Waals surface area contributed by atoms with Crippen LogP contribution in [0, 0.1) is 0 Å². The summed E-state index contributed by atoms with van der Waals surface area (Å²) in [6.45, 7) is 2.52. The summed E-state index contributed by atoms with van der Waals surface area (Å²) in [7, 11) is 0. The van der Waals surface area contributed by atoms with Gasteiger partial charge in [0.05, 0.1) is 25.0 Å². The number of hydrogen-bond donors (Lipinski definition) is 2. The molecule has 0 aliphatic heterocycles. The number of benzene rings is 1. The highest BCUT2D eigenvalue weighted by Gasteiger charge is 2.20. The molecule has 0 bridgehead atoms. The molecular weight excluding hydrogens is 264 g/mol. The summed E-state index contributed by atoms with van der Waals surface area (Å²) in [4.78, 5) is 8.60. The Morgan fingerprint density at radius 3 is 3.14 bits per heavy atom. The largest absolute Gasteiger partial charge is 0.477 e. The normalized spacial score (nSPS) is 17.1. The summed E-state index contributed by atoms with van der Waals surface area (Å²) in [6, 6.07) is 6.40. The zero-order valence-electron chi connectivity index (χ0n) is 12.2. The summed E-state index contributed by atoms with van der Waals surface area (Å²) in [5.74, 6) is 1.30. The number of aromatic nitrogens is 2. The molecule has 5 heteroatoms. The number of rotatable bonds is 4. The van der Waals surface area contributed by atoms with Gasteiger partial charge in [-0.2, -0.15) is 4.98 Å². The first kappa shape index (κ1) is 13.7. The Kier molecular flexibility index (Phi) is 3.90. The van der Waals surface area contributed by atoms with E-state index < -0.39 is 0 Å². The lowest BCUT2D eigenvalue weighted by molar-refractivity contribution is 0.325. The van der Waals surface area contributed by atoms with Crippen LogP contribution in [0.4, 0.5) is 11.5 Å². The average Bonchev–Trinajstić information content (AvgIpc) is 2.48. The van der Waals surface area contributed by atoms with E-state index in [2.05, 4.69) is 27.4 Å². The minimum absolute atomic E-state index is 0.250. The molecule has 1 unspecified atom stereocenters. The Balaban J connectivity index is 1.81. The number of ether oxygens (including phenoxy) is 1. The van der Waals surface area contributed by atoms with E-state index >= 15 is 0 Å². The van der Waals surface area contributed by atoms with Gasteiger partial charge in [-0.25, -0.2) is 0 Å². The molecule has 0 saturated heterocycles. The van der Waals surface area contributed by atoms with Crippen molar-refractivity contribution in [3.05, 3.63) is 41.7 Å². The number of nitrogens with one attached hydrogen (secondary N) is 1. The number of fused-ring (bicyclic) bond motifs is 1. The van der Waals surface area contributed by atoms with Gasteiger partial charge in [0.25, 0.3) is 0 Å². The van der Waals surface area contributed by atoms with E-state index in [1.54, 1.807) is 12.4 Å². The third kappa shape index (κ3) is 3.07. The summed E-state index contributed by atoms with van der Waals surface area (Å²) in [5.41, 5.74) is 9.33. The maximum absolute atomic E-state index is 5.87. The van der Waals surface area contributed by atoms with Crippen molar-refractivity contribution in [1.82, 2.24) is 9.97 Å². The van der Waals surface area contributed by atoms with Crippen LogP contribution < -0.4 is 15.8 Å². The predicted octanol–water partition coefficient (Wildman–Crippen LogP) is 2.95. The lowest BCUT2D eigenvalue weighted by Crippen LogP contribution is -2.18. The Labute approximate surface area is 124 Å². The molecule has 1 aliphatic carbocycles. The first-order valence-corrected chi connectivity index (χ1v) is 7.36. The fourth-order valence-corrected chi connectivity index (χ4v) is 2.80. The smallest absolute Gasteiger partial charge is 0.234 e. The molecule has 1 aromatic heterocycles. The maximum Gasteiger partial charge on any atom is 0.234 e. The minimum atomic E-state index is 0.250. The topological polar surface area (TPSA) is 73.1 Å². The van der Waals surface area contributed by atoms with Crippen molar-refractivity contribution in [3.63, 3.8) is 0 Å². The molecule has 0 radical (unpaired) electrons. The molecule has 1 aromatic carbocycles. The van der Waals surface area contributed by atoms with Gasteiger partial charge in [-0.05, 0) is 49.4 Å². The second-order valence-corrected chi connectivity index (χ2v) is 5.22. The number of hydrogen-bond acceptors (Lipinski definition) is 5. The standard InChI is InChI=1S/C16H20N4O/c1-2-21-16-10-18-9-15(20-16)19-14-5-3-4-11-8-12(17)6-7-13(11)14/h6-10,14H,2-5,17H2,1H3,(H,19,20). The van der Waals surface area contributed by atoms with Gasteiger partial charge < -0.3 is 15.8 Å². The van der Waals surface area contributed by atoms with Crippen LogP contribution in [0.1, 0.15) is 36.9 Å². The van der Waals surface area contributed by atoms with Crippen LogP contribution in [-0.4, -0.2) is 16.6 Å². The van der Waals surface area contributed by atoms with Gasteiger partial charge in [-0.1, -0.05) is 6.07 Å². The van der Waals surface area contributed by atoms with E-state index in [0.717, 1.165) is 30.8 Å². The molecule has 21 heavy (non-hydrogen) atoms. The van der Waals surface area contributed by atoms with Crippen LogP contribution in [0.25, 0.3) is 0 Å². The van der Waals surface area contributed by atoms with Gasteiger partial charge in [-0.3, -0.25) is 4.98 Å². The van der Waals surface area contributed by atoms with E-state index in [1.165, 1.54) is 11.1 Å². The monoisotopic (exact) mass is 284 g/mol. The highest BCUT2D eigenvalue weighted by atomic mass is 16.5. The molecule has 1 heterocycles. The highest BCUT2D eigenvalue weighted by molar-refractivity contribution is 5.49. The Bertz CT molecular complexity index is 629. The summed E-state index contributed by atoms with van der Waals surface area (Å²) in [5, 5.41) is 3.46. The Hall–Kier alpha value is -2.30. The van der Waals surface area contributed by atoms with Crippen molar-refractivity contribution in [2.24, 2.45) is 0 Å². The number of nitrogens with two attached hydrogens (primary N) is 1. The van der Waals surface area contributed by atoms with E-state index in [4.69, 9.17) is 10.5 Å². The lowest BCUT2D eigenvalue weighted by atomic mass is 9.87. The number of anilines is 2. The number of nitrogens with zero attached hydrogens (tertiary/aromatic N) is 2. The van der Waals surface area contributed by atoms with Crippen molar-refractivity contribution in [3.8, 4) is 5.88 Å². The van der Waals surface area contributed by atoms with E-state index in [9.17, 15) is 0 Å². The van der Waals surface area contributed by atoms with Crippen LogP contribution in [0.3, 0.4) is 0 Å². The Morgan fingerprint density at radius 2 is 2.29 bits per heavy atom. The highest BCUT2D eigenvalue weighted by Crippen LogP contribution is 2.33. The van der Waals surface area contributed by atoms with Crippen LogP contribution >= 0.6 is 0 Å². The van der Waals surface area contributed by atoms with Gasteiger partial charge in [0.1, 0.15) is 5.82 Å². The summed E-state index contributed by atoms with van der Waals surface area (Å²) in [6.07, 6.45) is 6.67. The van der Waals surface area contributed by atoms with Gasteiger partial charge >= 0.3 is 0 Å². The SMILES string of the molecule is CCOc1cncc(NC2CCCc3cc(N)ccc32)n1. The molecule has 0 spiro atoms. The molecule has 2 aromatic rings. The molecule has 1 atom stereocenters. The molecule has 0 fully saturated rings. The molecule has 3 rings (SSSR count). The van der Waals surface area contributed by atoms with Crippen molar-refractivity contribution < 1.29 is 4.74 Å². The van der Waals surface area contributed by atoms with E-state index in [0.29, 0.717) is 12.5 Å². The van der Waals surface area contributed by atoms with Crippen LogP contribution in [0.5, 0.6) is 5.88 Å². The molecule has 0 saturated carbocycles. The molecule has 110 valence electrons. The fraction of sp³-hybridized carbons (Fsp3) is 0.375. The molecule has 0 amide bonds. The average molecular weight is 284 g/mol. The molecule has 5 nitrogen and oxygen atoms in total. The quantitative estimate of drug-likeness (QED) is 0.844. The molecule has 1 aliphatic rings. The van der Waals surface area contributed by atoms with E-state index in [-0.39, 0.29) is 6.04 Å². The minimum Gasteiger partial charge on any atom is -0.477 e. The van der Waals surface area contributed by atoms with Crippen molar-refractivity contribution >= 4 is 11.5 Å². The predicted molar refractivity (Wildman–Crippen MR) is 83.4 cm³/mol. The van der Waals surface area contributed by atoms with Gasteiger partial charge in [0.2, 0.25) is 5.88 Å². The third-order valence-corrected chi connectivity index (χ3v) is 3.71. The zero-order valence-corrected chi connectivity index (χ0v) is 12.2. The van der Waals surface area contributed by atoms with Crippen molar-refractivity contribution in [1.29, 1.82) is 0 Å². The first-order chi connectivity index (χ1) is 10.3. The van der Waals surface area contributed by atoms with E-state index in [1.807, 2.05) is 13.0 Å². The summed E-state index contributed by atoms with van der Waals surface area (Å²) < 4.78 is 5.39. The summed E-state index contributed by atoms with van der Waals surface area (Å²) >= 11 is 0. The maximum atomic E-state index is 5.87. The molecule has 3 N–H and O–H groups in total. The lowest BCUT2D eigenvalue weighted by Gasteiger charge is -2.27. The Morgan fingerprint density at radius 1 is 1.38 bits per heavy atom. The first-order valence-electron chi connectivity index (χ1n) is 7.36. The van der Waals surface area contributed by atoms with Crippen molar-refractivity contribution in [2.45, 2.75) is 32.2 Å². The fourth-order valence-electron chi connectivity index (χ4n) is 2.80. The van der Waals surface area contributed by atoms with Gasteiger partial charge in [-0.15, -0.1) is 0 Å². The second kappa shape index (κ2) is 5.99. The van der Waals surface area contributed by atoms with Gasteiger partial charge in [0, 0.05) is 5.69 Å². The van der Waals surface area contributed by atoms with Crippen LogP contribution in [0.15, 0.2) is 30.6 Å². The second-order valence-electron chi connectivity index (χ2n) is 5.22. The number of nitrogen functional groups attached to an aromatic ring is 1. The van der Waals surface area contributed by atoms with Crippen LogP contribution in [0.2, 0.25) is 0 Å². The zero-order chi connectivity index (χ0) is 14.7. The molecular formula is C16H20N4O. The van der Waals surface area contributed by atoms with Gasteiger partial charge in [0.15, 0.2) is 0 Å².